The molecular weight excluding hydrogens is 217 g/mol. The second kappa shape index (κ2) is 4.11. The lowest BCUT2D eigenvalue weighted by Crippen LogP contribution is -2.23. The molecule has 1 heterocycles. The molecule has 0 radical (unpaired) electrons. The second-order valence-electron chi connectivity index (χ2n) is 4.33. The van der Waals surface area contributed by atoms with E-state index in [4.69, 9.17) is 0 Å². The van der Waals surface area contributed by atoms with E-state index in [0.717, 1.165) is 0 Å². The molecule has 0 aromatic carbocycles. The third-order valence-electron chi connectivity index (χ3n) is 3.31. The molecule has 2 nitrogen and oxygen atoms in total. The van der Waals surface area contributed by atoms with E-state index in [-0.39, 0.29) is 0 Å². The van der Waals surface area contributed by atoms with E-state index in [0.29, 0.717) is 18.4 Å². The minimum atomic E-state index is -4.37. The van der Waals surface area contributed by atoms with Gasteiger partial charge in [-0.2, -0.15) is 18.3 Å². The van der Waals surface area contributed by atoms with Crippen LogP contribution in [0.2, 0.25) is 0 Å². The van der Waals surface area contributed by atoms with Crippen molar-refractivity contribution in [1.29, 1.82) is 0 Å². The summed E-state index contributed by atoms with van der Waals surface area (Å²) in [7, 11) is 1.52. The van der Waals surface area contributed by atoms with Gasteiger partial charge in [-0.15, -0.1) is 0 Å². The first kappa shape index (κ1) is 13.1. The van der Waals surface area contributed by atoms with Crippen molar-refractivity contribution in [2.45, 2.75) is 45.2 Å². The zero-order valence-corrected chi connectivity index (χ0v) is 10.0. The second-order valence-corrected chi connectivity index (χ2v) is 4.33. The predicted octanol–water partition coefficient (Wildman–Crippen LogP) is 3.52. The normalized spacial score (nSPS) is 13.2. The van der Waals surface area contributed by atoms with Crippen molar-refractivity contribution in [3.05, 3.63) is 17.5 Å². The fraction of sp³-hybridized carbons (Fsp3) is 0.727. The van der Waals surface area contributed by atoms with Crippen LogP contribution < -0.4 is 0 Å². The summed E-state index contributed by atoms with van der Waals surface area (Å²) in [5.41, 5.74) is -0.909. The Morgan fingerprint density at radius 3 is 2.12 bits per heavy atom. The third-order valence-corrected chi connectivity index (χ3v) is 3.31. The van der Waals surface area contributed by atoms with Gasteiger partial charge in [0.1, 0.15) is 0 Å². The van der Waals surface area contributed by atoms with E-state index in [2.05, 4.69) is 5.10 Å². The summed E-state index contributed by atoms with van der Waals surface area (Å²) >= 11 is 0. The van der Waals surface area contributed by atoms with Gasteiger partial charge in [0.2, 0.25) is 0 Å². The van der Waals surface area contributed by atoms with Gasteiger partial charge in [-0.25, -0.2) is 0 Å². The van der Waals surface area contributed by atoms with Gasteiger partial charge in [-0.3, -0.25) is 4.68 Å². The van der Waals surface area contributed by atoms with Crippen LogP contribution in [-0.4, -0.2) is 9.78 Å². The Bertz CT molecular complexity index is 362. The van der Waals surface area contributed by atoms with E-state index >= 15 is 0 Å². The van der Waals surface area contributed by atoms with Gasteiger partial charge in [-0.1, -0.05) is 20.8 Å². The van der Waals surface area contributed by atoms with E-state index in [1.165, 1.54) is 17.9 Å². The first-order valence-corrected chi connectivity index (χ1v) is 5.36. The molecule has 0 spiro atoms. The molecule has 0 amide bonds. The average Bonchev–Trinajstić information content (AvgIpc) is 2.59. The average molecular weight is 234 g/mol. The van der Waals surface area contributed by atoms with Crippen LogP contribution in [0.25, 0.3) is 0 Å². The number of aryl methyl sites for hydroxylation is 1. The standard InChI is InChI=1S/C11H17F3N2/c1-5-10(3,6-2)8-7-16(4)15-9(8)11(12,13)14/h7H,5-6H2,1-4H3. The van der Waals surface area contributed by atoms with Gasteiger partial charge >= 0.3 is 6.18 Å². The SMILES string of the molecule is CCC(C)(CC)c1cn(C)nc1C(F)(F)F. The number of nitrogens with zero attached hydrogens (tertiary/aromatic N) is 2. The largest absolute Gasteiger partial charge is 0.435 e. The Hall–Kier alpha value is -1.00. The molecule has 0 atom stereocenters. The summed E-state index contributed by atoms with van der Waals surface area (Å²) in [6, 6.07) is 0. The summed E-state index contributed by atoms with van der Waals surface area (Å²) in [6.07, 6.45) is -1.56. The zero-order valence-electron chi connectivity index (χ0n) is 10.0. The number of hydrogen-bond acceptors (Lipinski definition) is 1. The number of rotatable bonds is 3. The molecule has 16 heavy (non-hydrogen) atoms. The summed E-state index contributed by atoms with van der Waals surface area (Å²) in [6.45, 7) is 5.65. The van der Waals surface area contributed by atoms with Gasteiger partial charge in [0.25, 0.3) is 0 Å². The molecule has 0 saturated carbocycles. The fourth-order valence-corrected chi connectivity index (χ4v) is 1.77. The van der Waals surface area contributed by atoms with Gasteiger partial charge in [-0.05, 0) is 18.3 Å². The van der Waals surface area contributed by atoms with Gasteiger partial charge < -0.3 is 0 Å². The van der Waals surface area contributed by atoms with E-state index in [1.807, 2.05) is 20.8 Å². The summed E-state index contributed by atoms with van der Waals surface area (Å²) in [4.78, 5) is 0. The monoisotopic (exact) mass is 234 g/mol. The highest BCUT2D eigenvalue weighted by molar-refractivity contribution is 5.28. The minimum Gasteiger partial charge on any atom is -0.275 e. The van der Waals surface area contributed by atoms with E-state index in [9.17, 15) is 13.2 Å². The Kier molecular flexibility index (Phi) is 3.35. The zero-order chi connectivity index (χ0) is 12.6. The minimum absolute atomic E-state index is 0.299. The van der Waals surface area contributed by atoms with Crippen LogP contribution in [0.3, 0.4) is 0 Å². The van der Waals surface area contributed by atoms with Gasteiger partial charge in [0.15, 0.2) is 5.69 Å². The molecule has 0 N–H and O–H groups in total. The smallest absolute Gasteiger partial charge is 0.275 e. The maximum atomic E-state index is 12.8. The molecular formula is C11H17F3N2. The van der Waals surface area contributed by atoms with Crippen LogP contribution in [0.1, 0.15) is 44.9 Å². The number of halogens is 3. The molecule has 1 aromatic rings. The van der Waals surface area contributed by atoms with Crippen molar-refractivity contribution in [2.24, 2.45) is 7.05 Å². The molecule has 1 aromatic heterocycles. The molecule has 0 unspecified atom stereocenters. The highest BCUT2D eigenvalue weighted by Gasteiger charge is 2.41. The lowest BCUT2D eigenvalue weighted by atomic mass is 9.78. The first-order chi connectivity index (χ1) is 7.24. The molecule has 1 rings (SSSR count). The van der Waals surface area contributed by atoms with E-state index < -0.39 is 17.3 Å². The molecule has 92 valence electrons. The van der Waals surface area contributed by atoms with Crippen LogP contribution in [0.4, 0.5) is 13.2 Å². The number of alkyl halides is 3. The molecule has 0 saturated heterocycles. The Labute approximate surface area is 93.5 Å². The van der Waals surface area contributed by atoms with Crippen molar-refractivity contribution in [1.82, 2.24) is 9.78 Å². The molecule has 0 aliphatic carbocycles. The van der Waals surface area contributed by atoms with Crippen molar-refractivity contribution in [3.8, 4) is 0 Å². The van der Waals surface area contributed by atoms with Gasteiger partial charge in [0.05, 0.1) is 0 Å². The van der Waals surface area contributed by atoms with Crippen molar-refractivity contribution in [3.63, 3.8) is 0 Å². The third kappa shape index (κ3) is 2.23. The first-order valence-electron chi connectivity index (χ1n) is 5.36. The highest BCUT2D eigenvalue weighted by Crippen LogP contribution is 2.39. The van der Waals surface area contributed by atoms with Crippen molar-refractivity contribution in [2.75, 3.05) is 0 Å². The number of hydrogen-bond donors (Lipinski definition) is 0. The molecule has 0 bridgehead atoms. The molecule has 5 heteroatoms. The van der Waals surface area contributed by atoms with Gasteiger partial charge in [0, 0.05) is 18.8 Å². The van der Waals surface area contributed by atoms with Crippen molar-refractivity contribution < 1.29 is 13.2 Å². The van der Waals surface area contributed by atoms with Crippen LogP contribution in [0, 0.1) is 0 Å². The predicted molar refractivity (Wildman–Crippen MR) is 56.1 cm³/mol. The highest BCUT2D eigenvalue weighted by atomic mass is 19.4. The Morgan fingerprint density at radius 1 is 1.25 bits per heavy atom. The quantitative estimate of drug-likeness (QED) is 0.782. The topological polar surface area (TPSA) is 17.8 Å². The Balaban J connectivity index is 3.33. The van der Waals surface area contributed by atoms with Crippen LogP contribution in [0.15, 0.2) is 6.20 Å². The van der Waals surface area contributed by atoms with Crippen LogP contribution in [0.5, 0.6) is 0 Å². The maximum Gasteiger partial charge on any atom is 0.435 e. The summed E-state index contributed by atoms with van der Waals surface area (Å²) < 4.78 is 39.6. The van der Waals surface area contributed by atoms with Crippen LogP contribution >= 0.6 is 0 Å². The lowest BCUT2D eigenvalue weighted by Gasteiger charge is -2.27. The fourth-order valence-electron chi connectivity index (χ4n) is 1.77. The molecule has 0 aliphatic rings. The maximum absolute atomic E-state index is 12.8. The van der Waals surface area contributed by atoms with E-state index in [1.54, 1.807) is 0 Å². The molecule has 0 aliphatic heterocycles. The number of aromatic nitrogens is 2. The summed E-state index contributed by atoms with van der Waals surface area (Å²) in [5, 5.41) is 3.54. The van der Waals surface area contributed by atoms with Crippen LogP contribution in [-0.2, 0) is 18.6 Å². The summed E-state index contributed by atoms with van der Waals surface area (Å²) in [5.74, 6) is 0. The Morgan fingerprint density at radius 2 is 1.75 bits per heavy atom. The lowest BCUT2D eigenvalue weighted by molar-refractivity contribution is -0.142. The molecule has 0 fully saturated rings. The van der Waals surface area contributed by atoms with Crippen molar-refractivity contribution >= 4 is 0 Å².